The maximum Gasteiger partial charge on any atom is 0.303 e. The average Bonchev–Trinajstić information content (AvgIpc) is 2.52. The van der Waals surface area contributed by atoms with Crippen LogP contribution in [0.25, 0.3) is 0 Å². The van der Waals surface area contributed by atoms with Crippen molar-refractivity contribution in [3.63, 3.8) is 0 Å². The third-order valence-electron chi connectivity index (χ3n) is 2.71. The molecule has 20 heavy (non-hydrogen) atoms. The number of carbonyl (C=O) groups excluding carboxylic acids is 1. The molecule has 0 saturated heterocycles. The van der Waals surface area contributed by atoms with Gasteiger partial charge in [-0.1, -0.05) is 48.4 Å². The third kappa shape index (κ3) is 3.60. The van der Waals surface area contributed by atoms with Gasteiger partial charge in [-0.2, -0.15) is 0 Å². The molecule has 0 aromatic heterocycles. The largest absolute Gasteiger partial charge is 0.303 e. The van der Waals surface area contributed by atoms with Gasteiger partial charge in [-0.25, -0.2) is 0 Å². The number of hydrogen-bond acceptors (Lipinski definition) is 1. The van der Waals surface area contributed by atoms with Crippen LogP contribution in [-0.2, 0) is 4.79 Å². The van der Waals surface area contributed by atoms with Crippen LogP contribution in [0.5, 0.6) is 0 Å². The van der Waals surface area contributed by atoms with E-state index in [-0.39, 0.29) is 5.91 Å². The highest BCUT2D eigenvalue weighted by Gasteiger charge is 2.11. The number of benzene rings is 2. The molecule has 1 amide bonds. The molecule has 0 atom stereocenters. The second-order valence-corrected chi connectivity index (χ2v) is 4.16. The molecule has 0 N–H and O–H groups in total. The summed E-state index contributed by atoms with van der Waals surface area (Å²) in [7, 11) is 0. The van der Waals surface area contributed by atoms with Crippen LogP contribution in [0.1, 0.15) is 5.56 Å². The molecule has 0 bridgehead atoms. The highest BCUT2D eigenvalue weighted by atomic mass is 16.2. The zero-order chi connectivity index (χ0) is 14.2. The predicted molar refractivity (Wildman–Crippen MR) is 82.3 cm³/mol. The smallest absolute Gasteiger partial charge is 0.298 e. The Hall–Kier alpha value is -2.79. The van der Waals surface area contributed by atoms with Crippen LogP contribution in [0, 0.1) is 11.8 Å². The third-order valence-corrected chi connectivity index (χ3v) is 2.71. The van der Waals surface area contributed by atoms with Crippen molar-refractivity contribution in [2.75, 3.05) is 11.4 Å². The summed E-state index contributed by atoms with van der Waals surface area (Å²) >= 11 is 0. The lowest BCUT2D eigenvalue weighted by Gasteiger charge is -2.18. The summed E-state index contributed by atoms with van der Waals surface area (Å²) in [6.45, 7) is 4.12. The van der Waals surface area contributed by atoms with Gasteiger partial charge in [0, 0.05) is 23.7 Å². The normalized spacial score (nSPS) is 9.20. The summed E-state index contributed by atoms with van der Waals surface area (Å²) in [6.07, 6.45) is 1.69. The molecule has 2 aromatic rings. The number of hydrogen-bond donors (Lipinski definition) is 0. The Labute approximate surface area is 119 Å². The maximum absolute atomic E-state index is 12.2. The standard InChI is InChI=1S/C18H15NO/c1-2-15-19(17-11-7-4-8-12-17)18(20)14-13-16-9-5-3-6-10-16/h2-12H,1,15H2. The van der Waals surface area contributed by atoms with Crippen molar-refractivity contribution in [2.24, 2.45) is 0 Å². The fourth-order valence-corrected chi connectivity index (χ4v) is 1.76. The van der Waals surface area contributed by atoms with E-state index in [2.05, 4.69) is 18.4 Å². The average molecular weight is 261 g/mol. The van der Waals surface area contributed by atoms with Gasteiger partial charge >= 0.3 is 5.91 Å². The maximum atomic E-state index is 12.2. The monoisotopic (exact) mass is 261 g/mol. The van der Waals surface area contributed by atoms with Gasteiger partial charge in [0.1, 0.15) is 0 Å². The number of carbonyl (C=O) groups is 1. The number of nitrogens with zero attached hydrogens (tertiary/aromatic N) is 1. The van der Waals surface area contributed by atoms with Crippen LogP contribution < -0.4 is 4.90 Å². The van der Waals surface area contributed by atoms with Gasteiger partial charge in [0.05, 0.1) is 0 Å². The molecule has 0 unspecified atom stereocenters. The first-order valence-corrected chi connectivity index (χ1v) is 6.36. The summed E-state index contributed by atoms with van der Waals surface area (Å²) in [6, 6.07) is 18.9. The Kier molecular flexibility index (Phi) is 4.75. The van der Waals surface area contributed by atoms with E-state index < -0.39 is 0 Å². The Bertz CT molecular complexity index is 635. The molecule has 2 heteroatoms. The van der Waals surface area contributed by atoms with Crippen molar-refractivity contribution in [3.8, 4) is 11.8 Å². The van der Waals surface area contributed by atoms with Crippen molar-refractivity contribution < 1.29 is 4.79 Å². The minimum absolute atomic E-state index is 0.236. The summed E-state index contributed by atoms with van der Waals surface area (Å²) in [4.78, 5) is 13.8. The molecule has 0 aliphatic heterocycles. The van der Waals surface area contributed by atoms with Crippen molar-refractivity contribution in [1.29, 1.82) is 0 Å². The molecule has 0 aliphatic rings. The van der Waals surface area contributed by atoms with E-state index in [1.54, 1.807) is 11.0 Å². The van der Waals surface area contributed by atoms with Crippen LogP contribution in [0.2, 0.25) is 0 Å². The first-order chi connectivity index (χ1) is 9.81. The Morgan fingerprint density at radius 2 is 1.65 bits per heavy atom. The van der Waals surface area contributed by atoms with E-state index in [4.69, 9.17) is 0 Å². The number of rotatable bonds is 3. The van der Waals surface area contributed by atoms with E-state index in [1.807, 2.05) is 60.7 Å². The SMILES string of the molecule is C=CCN(C(=O)C#Cc1ccccc1)c1ccccc1. The minimum Gasteiger partial charge on any atom is -0.298 e. The van der Waals surface area contributed by atoms with Crippen molar-refractivity contribution in [1.82, 2.24) is 0 Å². The first kappa shape index (κ1) is 13.6. The van der Waals surface area contributed by atoms with Crippen molar-refractivity contribution in [3.05, 3.63) is 78.9 Å². The van der Waals surface area contributed by atoms with Crippen molar-refractivity contribution in [2.45, 2.75) is 0 Å². The number of para-hydroxylation sites is 1. The molecule has 0 saturated carbocycles. The summed E-state index contributed by atoms with van der Waals surface area (Å²) in [5.74, 6) is 5.31. The van der Waals surface area contributed by atoms with Gasteiger partial charge in [-0.15, -0.1) is 6.58 Å². The lowest BCUT2D eigenvalue weighted by Crippen LogP contribution is -2.29. The summed E-state index contributed by atoms with van der Waals surface area (Å²) < 4.78 is 0. The fraction of sp³-hybridized carbons (Fsp3) is 0.0556. The number of amides is 1. The van der Waals surface area contributed by atoms with Crippen LogP contribution in [0.3, 0.4) is 0 Å². The van der Waals surface area contributed by atoms with Gasteiger partial charge < -0.3 is 0 Å². The van der Waals surface area contributed by atoms with Gasteiger partial charge in [0.15, 0.2) is 0 Å². The minimum atomic E-state index is -0.236. The van der Waals surface area contributed by atoms with Crippen LogP contribution in [0.15, 0.2) is 73.3 Å². The summed E-state index contributed by atoms with van der Waals surface area (Å²) in [5, 5.41) is 0. The van der Waals surface area contributed by atoms with E-state index in [1.165, 1.54) is 0 Å². The lowest BCUT2D eigenvalue weighted by atomic mass is 10.2. The fourth-order valence-electron chi connectivity index (χ4n) is 1.76. The van der Waals surface area contributed by atoms with Gasteiger partial charge in [0.25, 0.3) is 0 Å². The van der Waals surface area contributed by atoms with E-state index in [9.17, 15) is 4.79 Å². The molecule has 0 aliphatic carbocycles. The predicted octanol–water partition coefficient (Wildman–Crippen LogP) is 3.26. The molecule has 98 valence electrons. The second kappa shape index (κ2) is 6.96. The molecule has 0 fully saturated rings. The highest BCUT2D eigenvalue weighted by molar-refractivity contribution is 6.06. The van der Waals surface area contributed by atoms with Crippen LogP contribution in [0.4, 0.5) is 5.69 Å². The van der Waals surface area contributed by atoms with Crippen LogP contribution >= 0.6 is 0 Å². The molecule has 2 nitrogen and oxygen atoms in total. The molecule has 0 spiro atoms. The first-order valence-electron chi connectivity index (χ1n) is 6.36. The quantitative estimate of drug-likeness (QED) is 0.613. The Morgan fingerprint density at radius 3 is 2.25 bits per heavy atom. The second-order valence-electron chi connectivity index (χ2n) is 4.16. The van der Waals surface area contributed by atoms with E-state index >= 15 is 0 Å². The van der Waals surface area contributed by atoms with Crippen LogP contribution in [-0.4, -0.2) is 12.5 Å². The summed E-state index contributed by atoms with van der Waals surface area (Å²) in [5.41, 5.74) is 1.65. The number of anilines is 1. The Morgan fingerprint density at radius 1 is 1.05 bits per heavy atom. The zero-order valence-corrected chi connectivity index (χ0v) is 11.1. The molecular weight excluding hydrogens is 246 g/mol. The van der Waals surface area contributed by atoms with Gasteiger partial charge in [-0.3, -0.25) is 9.69 Å². The van der Waals surface area contributed by atoms with E-state index in [0.29, 0.717) is 6.54 Å². The molecule has 2 rings (SSSR count). The topological polar surface area (TPSA) is 20.3 Å². The van der Waals surface area contributed by atoms with Crippen molar-refractivity contribution >= 4 is 11.6 Å². The molecule has 0 heterocycles. The van der Waals surface area contributed by atoms with E-state index in [0.717, 1.165) is 11.3 Å². The lowest BCUT2D eigenvalue weighted by molar-refractivity contribution is -0.113. The molecule has 0 radical (unpaired) electrons. The zero-order valence-electron chi connectivity index (χ0n) is 11.1. The highest BCUT2D eigenvalue weighted by Crippen LogP contribution is 2.13. The molecule has 2 aromatic carbocycles. The van der Waals surface area contributed by atoms with Gasteiger partial charge in [-0.05, 0) is 24.3 Å². The molecular formula is C18H15NO. The Balaban J connectivity index is 2.21. The van der Waals surface area contributed by atoms with Gasteiger partial charge in [0.2, 0.25) is 0 Å².